The second-order valence-corrected chi connectivity index (χ2v) is 5.62. The van der Waals surface area contributed by atoms with Gasteiger partial charge in [-0.15, -0.1) is 0 Å². The van der Waals surface area contributed by atoms with Crippen LogP contribution in [-0.2, 0) is 6.54 Å². The predicted molar refractivity (Wildman–Crippen MR) is 74.7 cm³/mol. The molecule has 0 amide bonds. The van der Waals surface area contributed by atoms with Crippen LogP contribution in [0.25, 0.3) is 0 Å². The van der Waals surface area contributed by atoms with Gasteiger partial charge in [-0.05, 0) is 30.3 Å². The van der Waals surface area contributed by atoms with Crippen LogP contribution >= 0.6 is 11.8 Å². The number of anilines is 1. The first kappa shape index (κ1) is 13.2. The lowest BCUT2D eigenvalue weighted by Crippen LogP contribution is -2.25. The van der Waals surface area contributed by atoms with Crippen molar-refractivity contribution in [1.29, 1.82) is 0 Å². The molecule has 98 valence electrons. The standard InChI is InChI=1S/C12H17N3O2S/c13-11-8-10(2-3-12(11)15(16)17)9-14-4-1-6-18-7-5-14/h2-3,8H,1,4-7,9,13H2. The summed E-state index contributed by atoms with van der Waals surface area (Å²) >= 11 is 1.98. The number of nitrogens with two attached hydrogens (primary N) is 1. The molecule has 1 aliphatic heterocycles. The van der Waals surface area contributed by atoms with Crippen molar-refractivity contribution < 1.29 is 4.92 Å². The fourth-order valence-electron chi connectivity index (χ4n) is 2.08. The first-order valence-electron chi connectivity index (χ1n) is 6.00. The van der Waals surface area contributed by atoms with E-state index in [4.69, 9.17) is 5.73 Å². The molecule has 0 bridgehead atoms. The molecule has 1 aromatic carbocycles. The van der Waals surface area contributed by atoms with Gasteiger partial charge in [-0.25, -0.2) is 0 Å². The summed E-state index contributed by atoms with van der Waals surface area (Å²) in [7, 11) is 0. The van der Waals surface area contributed by atoms with Crippen molar-refractivity contribution >= 4 is 23.1 Å². The fraction of sp³-hybridized carbons (Fsp3) is 0.500. The Labute approximate surface area is 110 Å². The van der Waals surface area contributed by atoms with Gasteiger partial charge in [0.05, 0.1) is 4.92 Å². The van der Waals surface area contributed by atoms with Crippen LogP contribution in [0.3, 0.4) is 0 Å². The lowest BCUT2D eigenvalue weighted by Gasteiger charge is -2.19. The Bertz CT molecular complexity index is 431. The Morgan fingerprint density at radius 1 is 1.39 bits per heavy atom. The van der Waals surface area contributed by atoms with E-state index in [1.807, 2.05) is 11.8 Å². The predicted octanol–water partition coefficient (Wildman–Crippen LogP) is 2.12. The third-order valence-corrected chi connectivity index (χ3v) is 4.06. The van der Waals surface area contributed by atoms with E-state index in [9.17, 15) is 10.1 Å². The molecule has 2 rings (SSSR count). The van der Waals surface area contributed by atoms with Crippen LogP contribution in [0.1, 0.15) is 12.0 Å². The summed E-state index contributed by atoms with van der Waals surface area (Å²) in [4.78, 5) is 12.6. The Kier molecular flexibility index (Phi) is 4.43. The van der Waals surface area contributed by atoms with Gasteiger partial charge in [-0.1, -0.05) is 6.07 Å². The van der Waals surface area contributed by atoms with Gasteiger partial charge in [0, 0.05) is 24.9 Å². The fourth-order valence-corrected chi connectivity index (χ4v) is 3.01. The molecule has 5 nitrogen and oxygen atoms in total. The van der Waals surface area contributed by atoms with E-state index in [0.717, 1.165) is 31.0 Å². The Balaban J connectivity index is 2.05. The van der Waals surface area contributed by atoms with Gasteiger partial charge in [0.2, 0.25) is 0 Å². The molecule has 0 aromatic heterocycles. The number of benzene rings is 1. The summed E-state index contributed by atoms with van der Waals surface area (Å²) in [5.74, 6) is 2.38. The minimum Gasteiger partial charge on any atom is -0.393 e. The van der Waals surface area contributed by atoms with Gasteiger partial charge in [0.25, 0.3) is 5.69 Å². The first-order valence-corrected chi connectivity index (χ1v) is 7.15. The smallest absolute Gasteiger partial charge is 0.292 e. The van der Waals surface area contributed by atoms with Crippen molar-refractivity contribution in [3.05, 3.63) is 33.9 Å². The molecule has 1 fully saturated rings. The first-order chi connectivity index (χ1) is 8.66. The van der Waals surface area contributed by atoms with Crippen LogP contribution in [0.5, 0.6) is 0 Å². The molecular formula is C12H17N3O2S. The number of rotatable bonds is 3. The molecule has 0 spiro atoms. The van der Waals surface area contributed by atoms with E-state index in [1.165, 1.54) is 18.2 Å². The van der Waals surface area contributed by atoms with Crippen LogP contribution in [0.15, 0.2) is 18.2 Å². The third-order valence-electron chi connectivity index (χ3n) is 3.01. The normalized spacial score (nSPS) is 17.3. The van der Waals surface area contributed by atoms with Crippen molar-refractivity contribution in [1.82, 2.24) is 4.90 Å². The topological polar surface area (TPSA) is 72.4 Å². The van der Waals surface area contributed by atoms with Gasteiger partial charge in [0.15, 0.2) is 0 Å². The van der Waals surface area contributed by atoms with Crippen LogP contribution in [0, 0.1) is 10.1 Å². The number of nitro groups is 1. The molecule has 1 heterocycles. The van der Waals surface area contributed by atoms with Crippen LogP contribution in [-0.4, -0.2) is 34.4 Å². The number of hydrogen-bond acceptors (Lipinski definition) is 5. The number of thioether (sulfide) groups is 1. The summed E-state index contributed by atoms with van der Waals surface area (Å²) in [6.45, 7) is 2.98. The minimum absolute atomic E-state index is 0.00910. The molecule has 18 heavy (non-hydrogen) atoms. The highest BCUT2D eigenvalue weighted by Crippen LogP contribution is 2.23. The third kappa shape index (κ3) is 3.36. The number of hydrogen-bond donors (Lipinski definition) is 1. The van der Waals surface area contributed by atoms with Crippen LogP contribution < -0.4 is 5.73 Å². The average molecular weight is 267 g/mol. The molecule has 1 aliphatic rings. The molecule has 0 saturated carbocycles. The van der Waals surface area contributed by atoms with E-state index in [1.54, 1.807) is 12.1 Å². The molecule has 6 heteroatoms. The number of nitro benzene ring substituents is 1. The highest BCUT2D eigenvalue weighted by Gasteiger charge is 2.14. The highest BCUT2D eigenvalue weighted by atomic mass is 32.2. The van der Waals surface area contributed by atoms with E-state index in [0.29, 0.717) is 0 Å². The zero-order chi connectivity index (χ0) is 13.0. The van der Waals surface area contributed by atoms with Crippen LogP contribution in [0.4, 0.5) is 11.4 Å². The monoisotopic (exact) mass is 267 g/mol. The number of nitrogen functional groups attached to an aromatic ring is 1. The van der Waals surface area contributed by atoms with Gasteiger partial charge in [-0.3, -0.25) is 15.0 Å². The summed E-state index contributed by atoms with van der Waals surface area (Å²) in [5.41, 5.74) is 6.98. The van der Waals surface area contributed by atoms with Crippen molar-refractivity contribution in [2.45, 2.75) is 13.0 Å². The van der Waals surface area contributed by atoms with Crippen molar-refractivity contribution in [2.75, 3.05) is 30.3 Å². The molecule has 0 atom stereocenters. The van der Waals surface area contributed by atoms with Crippen molar-refractivity contribution in [3.63, 3.8) is 0 Å². The summed E-state index contributed by atoms with van der Waals surface area (Å²) in [6, 6.07) is 5.01. The SMILES string of the molecule is Nc1cc(CN2CCCSCC2)ccc1[N+](=O)[O-]. The molecule has 0 radical (unpaired) electrons. The van der Waals surface area contributed by atoms with E-state index in [-0.39, 0.29) is 11.4 Å². The Morgan fingerprint density at radius 2 is 2.22 bits per heavy atom. The second kappa shape index (κ2) is 6.06. The lowest BCUT2D eigenvalue weighted by atomic mass is 10.1. The van der Waals surface area contributed by atoms with Crippen LogP contribution in [0.2, 0.25) is 0 Å². The zero-order valence-corrected chi connectivity index (χ0v) is 11.0. The van der Waals surface area contributed by atoms with Gasteiger partial charge < -0.3 is 5.73 Å². The quantitative estimate of drug-likeness (QED) is 0.516. The summed E-state index contributed by atoms with van der Waals surface area (Å²) < 4.78 is 0. The molecule has 2 N–H and O–H groups in total. The average Bonchev–Trinajstić information content (AvgIpc) is 2.57. The van der Waals surface area contributed by atoms with Gasteiger partial charge in [0.1, 0.15) is 5.69 Å². The molecule has 1 saturated heterocycles. The molecule has 0 unspecified atom stereocenters. The van der Waals surface area contributed by atoms with E-state index < -0.39 is 4.92 Å². The maximum atomic E-state index is 10.7. The molecule has 1 aromatic rings. The molecule has 0 aliphatic carbocycles. The zero-order valence-electron chi connectivity index (χ0n) is 10.2. The van der Waals surface area contributed by atoms with Crippen molar-refractivity contribution in [3.8, 4) is 0 Å². The van der Waals surface area contributed by atoms with Gasteiger partial charge in [-0.2, -0.15) is 11.8 Å². The summed E-state index contributed by atoms with van der Waals surface area (Å²) in [5, 5.41) is 10.7. The summed E-state index contributed by atoms with van der Waals surface area (Å²) in [6.07, 6.45) is 1.20. The lowest BCUT2D eigenvalue weighted by molar-refractivity contribution is -0.383. The molecular weight excluding hydrogens is 250 g/mol. The Morgan fingerprint density at radius 3 is 2.94 bits per heavy atom. The second-order valence-electron chi connectivity index (χ2n) is 4.39. The van der Waals surface area contributed by atoms with Gasteiger partial charge >= 0.3 is 0 Å². The Hall–Kier alpha value is -1.27. The maximum Gasteiger partial charge on any atom is 0.292 e. The largest absolute Gasteiger partial charge is 0.393 e. The van der Waals surface area contributed by atoms with E-state index in [2.05, 4.69) is 4.90 Å². The number of nitrogens with zero attached hydrogens (tertiary/aromatic N) is 2. The minimum atomic E-state index is -0.443. The van der Waals surface area contributed by atoms with Crippen molar-refractivity contribution in [2.24, 2.45) is 0 Å². The van der Waals surface area contributed by atoms with E-state index >= 15 is 0 Å². The maximum absolute atomic E-state index is 10.7. The highest BCUT2D eigenvalue weighted by molar-refractivity contribution is 7.99.